The molecule has 0 fully saturated rings. The predicted molar refractivity (Wildman–Crippen MR) is 78.4 cm³/mol. The van der Waals surface area contributed by atoms with Crippen molar-refractivity contribution in [2.24, 2.45) is 0 Å². The van der Waals surface area contributed by atoms with E-state index >= 15 is 0 Å². The minimum absolute atomic E-state index is 0.0145. The van der Waals surface area contributed by atoms with Crippen molar-refractivity contribution in [3.8, 4) is 5.75 Å². The van der Waals surface area contributed by atoms with Crippen molar-refractivity contribution >= 4 is 17.3 Å². The van der Waals surface area contributed by atoms with E-state index in [1.807, 2.05) is 24.3 Å². The van der Waals surface area contributed by atoms with Crippen molar-refractivity contribution in [1.29, 1.82) is 0 Å². The average Bonchev–Trinajstić information content (AvgIpc) is 2.87. The molecule has 1 aromatic carbocycles. The van der Waals surface area contributed by atoms with Crippen LogP contribution in [0.2, 0.25) is 0 Å². The zero-order valence-electron chi connectivity index (χ0n) is 11.2. The number of nitrogen functional groups attached to an aromatic ring is 1. The van der Waals surface area contributed by atoms with Crippen molar-refractivity contribution in [2.45, 2.75) is 12.5 Å². The van der Waals surface area contributed by atoms with Crippen LogP contribution in [0.1, 0.15) is 5.56 Å². The molecule has 0 saturated heterocycles. The maximum Gasteiger partial charge on any atom is 0.311 e. The number of benzene rings is 1. The van der Waals surface area contributed by atoms with Gasteiger partial charge in [-0.05, 0) is 17.7 Å². The minimum atomic E-state index is -0.553. The van der Waals surface area contributed by atoms with Crippen LogP contribution in [-0.2, 0) is 6.42 Å². The Morgan fingerprint density at radius 1 is 1.38 bits per heavy atom. The number of fused-ring (bicyclic) bond motifs is 1. The first-order chi connectivity index (χ1) is 10.1. The fourth-order valence-electron chi connectivity index (χ4n) is 2.31. The van der Waals surface area contributed by atoms with Gasteiger partial charge in [-0.15, -0.1) is 0 Å². The van der Waals surface area contributed by atoms with Crippen LogP contribution < -0.4 is 15.8 Å². The highest BCUT2D eigenvalue weighted by molar-refractivity contribution is 5.57. The van der Waals surface area contributed by atoms with E-state index < -0.39 is 4.92 Å². The van der Waals surface area contributed by atoms with E-state index in [1.165, 1.54) is 17.7 Å². The van der Waals surface area contributed by atoms with E-state index in [9.17, 15) is 10.1 Å². The molecular formula is C14H14N4O3. The molecule has 1 atom stereocenters. The first-order valence-electron chi connectivity index (χ1n) is 6.53. The first kappa shape index (κ1) is 13.2. The van der Waals surface area contributed by atoms with Gasteiger partial charge in [0.1, 0.15) is 17.7 Å². The van der Waals surface area contributed by atoms with Crippen molar-refractivity contribution in [1.82, 2.24) is 4.98 Å². The van der Waals surface area contributed by atoms with E-state index in [1.54, 1.807) is 0 Å². The molecule has 2 aromatic rings. The normalized spacial score (nSPS) is 16.1. The first-order valence-corrected chi connectivity index (χ1v) is 6.53. The molecule has 21 heavy (non-hydrogen) atoms. The number of nitrogens with zero attached hydrogens (tertiary/aromatic N) is 2. The number of hydrogen-bond donors (Lipinski definition) is 2. The van der Waals surface area contributed by atoms with E-state index in [4.69, 9.17) is 10.5 Å². The number of pyridine rings is 1. The maximum absolute atomic E-state index is 10.7. The highest BCUT2D eigenvalue weighted by Gasteiger charge is 2.22. The number of nitro groups is 1. The van der Waals surface area contributed by atoms with Gasteiger partial charge in [0.05, 0.1) is 11.5 Å². The third kappa shape index (κ3) is 2.71. The number of nitrogens with one attached hydrogen (secondary N) is 1. The van der Waals surface area contributed by atoms with E-state index in [0.29, 0.717) is 12.4 Å². The molecule has 0 bridgehead atoms. The topological polar surface area (TPSA) is 103 Å². The Kier molecular flexibility index (Phi) is 3.31. The molecule has 2 heterocycles. The number of anilines is 2. The van der Waals surface area contributed by atoms with Crippen LogP contribution in [0.4, 0.5) is 17.3 Å². The molecule has 0 spiro atoms. The van der Waals surface area contributed by atoms with E-state index in [-0.39, 0.29) is 17.6 Å². The van der Waals surface area contributed by atoms with Gasteiger partial charge in [-0.25, -0.2) is 4.98 Å². The Hall–Kier alpha value is -2.83. The van der Waals surface area contributed by atoms with Crippen LogP contribution >= 0.6 is 0 Å². The van der Waals surface area contributed by atoms with Gasteiger partial charge < -0.3 is 15.8 Å². The van der Waals surface area contributed by atoms with Crippen molar-refractivity contribution in [3.05, 3.63) is 52.1 Å². The van der Waals surface area contributed by atoms with Crippen LogP contribution in [0, 0.1) is 10.1 Å². The summed E-state index contributed by atoms with van der Waals surface area (Å²) in [7, 11) is 0. The number of para-hydroxylation sites is 1. The summed E-state index contributed by atoms with van der Waals surface area (Å²) < 4.78 is 5.79. The Morgan fingerprint density at radius 3 is 2.90 bits per heavy atom. The van der Waals surface area contributed by atoms with Crippen LogP contribution in [0.5, 0.6) is 5.75 Å². The van der Waals surface area contributed by atoms with Crippen LogP contribution in [-0.4, -0.2) is 22.6 Å². The van der Waals surface area contributed by atoms with Crippen molar-refractivity contribution in [2.75, 3.05) is 17.6 Å². The SMILES string of the molecule is Nc1nc(NCC2Cc3ccccc3O2)ccc1[N+](=O)[O-]. The minimum Gasteiger partial charge on any atom is -0.488 e. The van der Waals surface area contributed by atoms with Gasteiger partial charge in [0, 0.05) is 12.5 Å². The molecule has 3 N–H and O–H groups in total. The molecule has 1 unspecified atom stereocenters. The largest absolute Gasteiger partial charge is 0.488 e. The molecule has 108 valence electrons. The molecule has 7 nitrogen and oxygen atoms in total. The fourth-order valence-corrected chi connectivity index (χ4v) is 2.31. The molecule has 0 radical (unpaired) electrons. The monoisotopic (exact) mass is 286 g/mol. The van der Waals surface area contributed by atoms with Gasteiger partial charge in [-0.2, -0.15) is 0 Å². The Bertz CT molecular complexity index is 665. The Balaban J connectivity index is 1.62. The number of nitrogens with two attached hydrogens (primary N) is 1. The molecule has 0 aliphatic carbocycles. The average molecular weight is 286 g/mol. The zero-order chi connectivity index (χ0) is 14.8. The molecule has 0 saturated carbocycles. The zero-order valence-corrected chi connectivity index (χ0v) is 11.2. The van der Waals surface area contributed by atoms with E-state index in [0.717, 1.165) is 12.2 Å². The molecule has 1 aromatic heterocycles. The van der Waals surface area contributed by atoms with Crippen molar-refractivity contribution < 1.29 is 9.66 Å². The Labute approximate surface area is 120 Å². The second-order valence-corrected chi connectivity index (χ2v) is 4.79. The molecular weight excluding hydrogens is 272 g/mol. The second kappa shape index (κ2) is 5.28. The summed E-state index contributed by atoms with van der Waals surface area (Å²) in [6, 6.07) is 10.8. The number of hydrogen-bond acceptors (Lipinski definition) is 6. The highest BCUT2D eigenvalue weighted by Crippen LogP contribution is 2.28. The molecule has 3 rings (SSSR count). The number of aromatic nitrogens is 1. The van der Waals surface area contributed by atoms with Gasteiger partial charge in [-0.3, -0.25) is 10.1 Å². The summed E-state index contributed by atoms with van der Waals surface area (Å²) in [4.78, 5) is 14.1. The predicted octanol–water partition coefficient (Wildman–Crippen LogP) is 1.99. The number of ether oxygens (including phenoxy) is 1. The summed E-state index contributed by atoms with van der Waals surface area (Å²) in [6.45, 7) is 0.554. The Morgan fingerprint density at radius 2 is 2.19 bits per heavy atom. The second-order valence-electron chi connectivity index (χ2n) is 4.79. The van der Waals surface area contributed by atoms with Gasteiger partial charge in [0.15, 0.2) is 0 Å². The smallest absolute Gasteiger partial charge is 0.311 e. The van der Waals surface area contributed by atoms with Gasteiger partial charge in [0.25, 0.3) is 0 Å². The standard InChI is InChI=1S/C14H14N4O3/c15-14-11(18(19)20)5-6-13(17-14)16-8-10-7-9-3-1-2-4-12(9)21-10/h1-6,10H,7-8H2,(H3,15,16,17). The molecule has 0 amide bonds. The lowest BCUT2D eigenvalue weighted by Gasteiger charge is -2.12. The quantitative estimate of drug-likeness (QED) is 0.658. The summed E-state index contributed by atoms with van der Waals surface area (Å²) in [5.41, 5.74) is 6.54. The maximum atomic E-state index is 10.7. The summed E-state index contributed by atoms with van der Waals surface area (Å²) >= 11 is 0. The van der Waals surface area contributed by atoms with Crippen LogP contribution in [0.15, 0.2) is 36.4 Å². The third-order valence-electron chi connectivity index (χ3n) is 3.32. The van der Waals surface area contributed by atoms with Gasteiger partial charge >= 0.3 is 5.69 Å². The van der Waals surface area contributed by atoms with Gasteiger partial charge in [-0.1, -0.05) is 18.2 Å². The molecule has 1 aliphatic rings. The van der Waals surface area contributed by atoms with E-state index in [2.05, 4.69) is 10.3 Å². The molecule has 1 aliphatic heterocycles. The lowest BCUT2D eigenvalue weighted by atomic mass is 10.1. The lowest BCUT2D eigenvalue weighted by molar-refractivity contribution is -0.384. The third-order valence-corrected chi connectivity index (χ3v) is 3.32. The van der Waals surface area contributed by atoms with Crippen molar-refractivity contribution in [3.63, 3.8) is 0 Å². The van der Waals surface area contributed by atoms with Crippen LogP contribution in [0.3, 0.4) is 0 Å². The van der Waals surface area contributed by atoms with Crippen LogP contribution in [0.25, 0.3) is 0 Å². The highest BCUT2D eigenvalue weighted by atomic mass is 16.6. The lowest BCUT2D eigenvalue weighted by Crippen LogP contribution is -2.24. The summed E-state index contributed by atoms with van der Waals surface area (Å²) in [5.74, 6) is 1.30. The molecule has 7 heteroatoms. The number of rotatable bonds is 4. The summed E-state index contributed by atoms with van der Waals surface area (Å²) in [6.07, 6.45) is 0.839. The summed E-state index contributed by atoms with van der Waals surface area (Å²) in [5, 5.41) is 13.8. The van der Waals surface area contributed by atoms with Gasteiger partial charge in [0.2, 0.25) is 5.82 Å². The fraction of sp³-hybridized carbons (Fsp3) is 0.214.